The van der Waals surface area contributed by atoms with Crippen molar-refractivity contribution in [3.8, 4) is 11.6 Å². The van der Waals surface area contributed by atoms with Crippen LogP contribution in [0.4, 0.5) is 11.4 Å². The second-order valence-electron chi connectivity index (χ2n) is 5.80. The number of nitrogens with one attached hydrogen (secondary N) is 1. The van der Waals surface area contributed by atoms with Gasteiger partial charge in [0.15, 0.2) is 5.76 Å². The summed E-state index contributed by atoms with van der Waals surface area (Å²) in [5.41, 5.74) is 0.437. The van der Waals surface area contributed by atoms with Gasteiger partial charge in [-0.3, -0.25) is 19.6 Å². The Kier molecular flexibility index (Phi) is 5.12. The number of hydrogen-bond acceptors (Lipinski definition) is 7. The van der Waals surface area contributed by atoms with Crippen molar-refractivity contribution < 1.29 is 14.1 Å². The van der Waals surface area contributed by atoms with Crippen molar-refractivity contribution in [3.63, 3.8) is 0 Å². The summed E-state index contributed by atoms with van der Waals surface area (Å²) in [7, 11) is 0. The molecule has 0 fully saturated rings. The summed E-state index contributed by atoms with van der Waals surface area (Å²) in [6, 6.07) is 12.9. The van der Waals surface area contributed by atoms with Crippen LogP contribution in [0.5, 0.6) is 0 Å². The van der Waals surface area contributed by atoms with Crippen molar-refractivity contribution >= 4 is 29.0 Å². The van der Waals surface area contributed by atoms with Crippen LogP contribution in [0.25, 0.3) is 11.6 Å². The molecule has 0 bridgehead atoms. The summed E-state index contributed by atoms with van der Waals surface area (Å²) >= 11 is 1.21. The maximum absolute atomic E-state index is 12.3. The molecule has 1 amide bonds. The van der Waals surface area contributed by atoms with Crippen LogP contribution in [0.3, 0.4) is 0 Å². The first-order valence-corrected chi connectivity index (χ1v) is 9.40. The number of thioether (sulfide) groups is 1. The Morgan fingerprint density at radius 3 is 2.55 bits per heavy atom. The zero-order chi connectivity index (χ0) is 20.2. The number of nitrogens with zero attached hydrogens (tertiary/aromatic N) is 5. The smallest absolute Gasteiger partial charge is 0.269 e. The quantitative estimate of drug-likeness (QED) is 0.282. The predicted molar refractivity (Wildman–Crippen MR) is 105 cm³/mol. The predicted octanol–water partition coefficient (Wildman–Crippen LogP) is 3.29. The highest BCUT2D eigenvalue weighted by molar-refractivity contribution is 7.99. The highest BCUT2D eigenvalue weighted by Gasteiger charge is 2.18. The molecule has 0 atom stereocenters. The third-order valence-corrected chi connectivity index (χ3v) is 4.79. The SMILES string of the molecule is O=C(CSc1nnc(-c2ccco2)n1-n1cccc1)Nc1ccc([N+](=O)[O-])cc1. The van der Waals surface area contributed by atoms with Crippen molar-refractivity contribution in [3.05, 3.63) is 77.3 Å². The first-order chi connectivity index (χ1) is 14.1. The van der Waals surface area contributed by atoms with Crippen LogP contribution in [0, 0.1) is 10.1 Å². The van der Waals surface area contributed by atoms with E-state index in [-0.39, 0.29) is 17.3 Å². The number of benzene rings is 1. The van der Waals surface area contributed by atoms with Gasteiger partial charge in [0, 0.05) is 30.2 Å². The molecule has 29 heavy (non-hydrogen) atoms. The van der Waals surface area contributed by atoms with Gasteiger partial charge in [0.25, 0.3) is 5.69 Å². The average molecular weight is 410 g/mol. The molecule has 146 valence electrons. The molecule has 0 saturated heterocycles. The highest BCUT2D eigenvalue weighted by Crippen LogP contribution is 2.25. The summed E-state index contributed by atoms with van der Waals surface area (Å²) in [6.07, 6.45) is 5.21. The van der Waals surface area contributed by atoms with Crippen molar-refractivity contribution in [2.45, 2.75) is 5.16 Å². The van der Waals surface area contributed by atoms with Crippen molar-refractivity contribution in [1.29, 1.82) is 0 Å². The molecule has 1 aromatic carbocycles. The number of non-ortho nitro benzene ring substituents is 1. The molecule has 0 aliphatic heterocycles. The van der Waals surface area contributed by atoms with Gasteiger partial charge >= 0.3 is 0 Å². The number of rotatable bonds is 7. The standard InChI is InChI=1S/C18H14N6O4S/c25-16(19-13-5-7-14(8-6-13)24(26)27)12-29-18-21-20-17(15-4-3-11-28-15)23(18)22-9-1-2-10-22/h1-11H,12H2,(H,19,25). The van der Waals surface area contributed by atoms with E-state index in [0.717, 1.165) is 0 Å². The van der Waals surface area contributed by atoms with Gasteiger partial charge in [0.2, 0.25) is 16.9 Å². The van der Waals surface area contributed by atoms with Crippen molar-refractivity contribution in [2.75, 3.05) is 11.1 Å². The third kappa shape index (κ3) is 4.04. The van der Waals surface area contributed by atoms with E-state index in [1.807, 2.05) is 24.5 Å². The summed E-state index contributed by atoms with van der Waals surface area (Å²) < 4.78 is 8.95. The largest absolute Gasteiger partial charge is 0.461 e. The maximum Gasteiger partial charge on any atom is 0.269 e. The molecule has 0 spiro atoms. The van der Waals surface area contributed by atoms with Crippen LogP contribution in [0.15, 0.2) is 76.8 Å². The Labute approximate surface area is 168 Å². The second-order valence-corrected chi connectivity index (χ2v) is 6.74. The summed E-state index contributed by atoms with van der Waals surface area (Å²) in [5, 5.41) is 22.3. The number of furan rings is 1. The molecule has 0 aliphatic carbocycles. The lowest BCUT2D eigenvalue weighted by Gasteiger charge is -2.10. The van der Waals surface area contributed by atoms with Crippen LogP contribution in [-0.4, -0.2) is 36.1 Å². The van der Waals surface area contributed by atoms with E-state index in [1.165, 1.54) is 36.0 Å². The van der Waals surface area contributed by atoms with Gasteiger partial charge in [-0.1, -0.05) is 11.8 Å². The number of nitro benzene ring substituents is 1. The minimum atomic E-state index is -0.494. The highest BCUT2D eigenvalue weighted by atomic mass is 32.2. The number of nitro groups is 1. The average Bonchev–Trinajstić information content (AvgIpc) is 3.47. The molecule has 3 heterocycles. The molecular weight excluding hydrogens is 396 g/mol. The molecule has 0 saturated carbocycles. The van der Waals surface area contributed by atoms with E-state index in [0.29, 0.717) is 22.4 Å². The second kappa shape index (κ2) is 8.02. The number of carbonyl (C=O) groups is 1. The Balaban J connectivity index is 1.48. The van der Waals surface area contributed by atoms with Crippen molar-refractivity contribution in [1.82, 2.24) is 19.5 Å². The van der Waals surface area contributed by atoms with Crippen LogP contribution < -0.4 is 5.32 Å². The van der Waals surface area contributed by atoms with E-state index in [9.17, 15) is 14.9 Å². The molecule has 10 nitrogen and oxygen atoms in total. The van der Waals surface area contributed by atoms with Gasteiger partial charge in [-0.2, -0.15) is 0 Å². The minimum Gasteiger partial charge on any atom is -0.461 e. The Morgan fingerprint density at radius 1 is 1.14 bits per heavy atom. The Bertz CT molecular complexity index is 1120. The first kappa shape index (κ1) is 18.5. The molecule has 0 unspecified atom stereocenters. The van der Waals surface area contributed by atoms with Gasteiger partial charge in [0.05, 0.1) is 16.9 Å². The molecular formula is C18H14N6O4S. The van der Waals surface area contributed by atoms with E-state index < -0.39 is 4.92 Å². The van der Waals surface area contributed by atoms with E-state index in [2.05, 4.69) is 15.5 Å². The van der Waals surface area contributed by atoms with Gasteiger partial charge < -0.3 is 9.73 Å². The third-order valence-electron chi connectivity index (χ3n) is 3.87. The maximum atomic E-state index is 12.3. The summed E-state index contributed by atoms with van der Waals surface area (Å²) in [5.74, 6) is 0.859. The van der Waals surface area contributed by atoms with Gasteiger partial charge in [0.1, 0.15) is 0 Å². The topological polar surface area (TPSA) is 121 Å². The molecule has 1 N–H and O–H groups in total. The van der Waals surface area contributed by atoms with Crippen molar-refractivity contribution in [2.24, 2.45) is 0 Å². The van der Waals surface area contributed by atoms with E-state index in [1.54, 1.807) is 27.7 Å². The minimum absolute atomic E-state index is 0.0392. The fourth-order valence-corrected chi connectivity index (χ4v) is 3.31. The van der Waals surface area contributed by atoms with Gasteiger partial charge in [-0.15, -0.1) is 10.2 Å². The van der Waals surface area contributed by atoms with Crippen LogP contribution >= 0.6 is 11.8 Å². The summed E-state index contributed by atoms with van der Waals surface area (Å²) in [6.45, 7) is 0. The van der Waals surface area contributed by atoms with E-state index >= 15 is 0 Å². The molecule has 0 aliphatic rings. The zero-order valence-corrected chi connectivity index (χ0v) is 15.7. The number of anilines is 1. The number of carbonyl (C=O) groups excluding carboxylic acids is 1. The lowest BCUT2D eigenvalue weighted by atomic mass is 10.3. The lowest BCUT2D eigenvalue weighted by Crippen LogP contribution is -2.15. The van der Waals surface area contributed by atoms with Crippen LogP contribution in [0.1, 0.15) is 0 Å². The molecule has 0 radical (unpaired) electrons. The molecule has 3 aromatic heterocycles. The van der Waals surface area contributed by atoms with Gasteiger partial charge in [-0.05, 0) is 36.4 Å². The number of hydrogen-bond donors (Lipinski definition) is 1. The van der Waals surface area contributed by atoms with E-state index in [4.69, 9.17) is 4.42 Å². The van der Waals surface area contributed by atoms with Gasteiger partial charge in [-0.25, -0.2) is 4.68 Å². The molecule has 4 rings (SSSR count). The molecule has 11 heteroatoms. The fourth-order valence-electron chi connectivity index (χ4n) is 2.58. The zero-order valence-electron chi connectivity index (χ0n) is 14.8. The monoisotopic (exact) mass is 410 g/mol. The normalized spacial score (nSPS) is 10.8. The number of amides is 1. The lowest BCUT2D eigenvalue weighted by molar-refractivity contribution is -0.384. The first-order valence-electron chi connectivity index (χ1n) is 8.42. The summed E-state index contributed by atoms with van der Waals surface area (Å²) in [4.78, 5) is 22.5. The van der Waals surface area contributed by atoms with Crippen LogP contribution in [-0.2, 0) is 4.79 Å². The van der Waals surface area contributed by atoms with Crippen LogP contribution in [0.2, 0.25) is 0 Å². The number of aromatic nitrogens is 4. The molecule has 4 aromatic rings. The fraction of sp³-hybridized carbons (Fsp3) is 0.0556. The Hall–Kier alpha value is -3.86. The Morgan fingerprint density at radius 2 is 1.90 bits per heavy atom.